The molecule has 1 fully saturated rings. The summed E-state index contributed by atoms with van der Waals surface area (Å²) in [5, 5.41) is 3.48. The predicted octanol–water partition coefficient (Wildman–Crippen LogP) is 2.49. The van der Waals surface area contributed by atoms with Gasteiger partial charge in [0.1, 0.15) is 17.0 Å². The highest BCUT2D eigenvalue weighted by Gasteiger charge is 2.20. The third-order valence-electron chi connectivity index (χ3n) is 4.86. The molecular weight excluding hydrogens is 361 g/mol. The molecule has 28 heavy (non-hydrogen) atoms. The Morgan fingerprint density at radius 3 is 2.86 bits per heavy atom. The van der Waals surface area contributed by atoms with E-state index >= 15 is 0 Å². The Bertz CT molecular complexity index is 1060. The highest BCUT2D eigenvalue weighted by molar-refractivity contribution is 5.96. The SMILES string of the molecule is O=C(NC[C@H]1CCCO1)c1cc2cccnc2n(Cc2ccc(F)cc2)c1=O. The summed E-state index contributed by atoms with van der Waals surface area (Å²) in [6.45, 7) is 1.27. The summed E-state index contributed by atoms with van der Waals surface area (Å²) >= 11 is 0. The van der Waals surface area contributed by atoms with Crippen LogP contribution in [-0.4, -0.2) is 34.7 Å². The van der Waals surface area contributed by atoms with Crippen LogP contribution in [-0.2, 0) is 11.3 Å². The molecule has 1 saturated heterocycles. The van der Waals surface area contributed by atoms with Gasteiger partial charge in [-0.05, 0) is 48.7 Å². The number of carbonyl (C=O) groups is 1. The van der Waals surface area contributed by atoms with Gasteiger partial charge in [-0.1, -0.05) is 12.1 Å². The molecule has 6 nitrogen and oxygen atoms in total. The fourth-order valence-electron chi connectivity index (χ4n) is 3.40. The molecule has 7 heteroatoms. The Hall–Kier alpha value is -3.06. The summed E-state index contributed by atoms with van der Waals surface area (Å²) in [6.07, 6.45) is 3.47. The van der Waals surface area contributed by atoms with E-state index in [-0.39, 0.29) is 24.0 Å². The number of nitrogens with one attached hydrogen (secondary N) is 1. The molecule has 144 valence electrons. The van der Waals surface area contributed by atoms with E-state index in [1.165, 1.54) is 16.7 Å². The average molecular weight is 381 g/mol. The van der Waals surface area contributed by atoms with Crippen molar-refractivity contribution in [3.63, 3.8) is 0 Å². The number of pyridine rings is 2. The summed E-state index contributed by atoms with van der Waals surface area (Å²) in [5.41, 5.74) is 0.848. The van der Waals surface area contributed by atoms with Crippen molar-refractivity contribution in [2.24, 2.45) is 0 Å². The van der Waals surface area contributed by atoms with Crippen molar-refractivity contribution in [3.8, 4) is 0 Å². The summed E-state index contributed by atoms with van der Waals surface area (Å²) in [5.74, 6) is -0.777. The first kappa shape index (κ1) is 18.3. The first-order valence-corrected chi connectivity index (χ1v) is 9.24. The number of carbonyl (C=O) groups excluding carboxylic acids is 1. The lowest BCUT2D eigenvalue weighted by atomic mass is 10.1. The van der Waals surface area contributed by atoms with E-state index in [0.717, 1.165) is 18.4 Å². The van der Waals surface area contributed by atoms with Gasteiger partial charge in [0.2, 0.25) is 0 Å². The van der Waals surface area contributed by atoms with Gasteiger partial charge in [-0.25, -0.2) is 9.37 Å². The Balaban J connectivity index is 1.69. The van der Waals surface area contributed by atoms with Crippen LogP contribution in [0.3, 0.4) is 0 Å². The molecule has 1 amide bonds. The van der Waals surface area contributed by atoms with E-state index in [2.05, 4.69) is 10.3 Å². The highest BCUT2D eigenvalue weighted by Crippen LogP contribution is 2.14. The zero-order valence-corrected chi connectivity index (χ0v) is 15.2. The maximum absolute atomic E-state index is 13.2. The van der Waals surface area contributed by atoms with Crippen molar-refractivity contribution >= 4 is 16.9 Å². The molecule has 0 spiro atoms. The number of fused-ring (bicyclic) bond motifs is 1. The molecule has 3 aromatic rings. The lowest BCUT2D eigenvalue weighted by Gasteiger charge is -2.14. The van der Waals surface area contributed by atoms with Crippen LogP contribution in [0.2, 0.25) is 0 Å². The summed E-state index contributed by atoms with van der Waals surface area (Å²) in [4.78, 5) is 30.0. The number of ether oxygens (including phenoxy) is 1. The minimum atomic E-state index is -0.431. The van der Waals surface area contributed by atoms with Gasteiger partial charge in [-0.15, -0.1) is 0 Å². The van der Waals surface area contributed by atoms with Crippen LogP contribution in [0.4, 0.5) is 4.39 Å². The Morgan fingerprint density at radius 1 is 1.29 bits per heavy atom. The van der Waals surface area contributed by atoms with Crippen molar-refractivity contribution in [2.75, 3.05) is 13.2 Å². The largest absolute Gasteiger partial charge is 0.376 e. The van der Waals surface area contributed by atoms with Crippen LogP contribution < -0.4 is 10.9 Å². The van der Waals surface area contributed by atoms with E-state index in [4.69, 9.17) is 4.74 Å². The van der Waals surface area contributed by atoms with Gasteiger partial charge in [0.25, 0.3) is 11.5 Å². The van der Waals surface area contributed by atoms with Crippen LogP contribution in [0.15, 0.2) is 53.5 Å². The standard InChI is InChI=1S/C21H20FN3O3/c22-16-7-5-14(6-8-16)13-25-19-15(3-1-9-23-19)11-18(21(25)27)20(26)24-12-17-4-2-10-28-17/h1,3,5-9,11,17H,2,4,10,12-13H2,(H,24,26)/t17-/m1/s1. The number of benzene rings is 1. The molecule has 0 unspecified atom stereocenters. The maximum Gasteiger partial charge on any atom is 0.265 e. The van der Waals surface area contributed by atoms with Gasteiger partial charge < -0.3 is 10.1 Å². The van der Waals surface area contributed by atoms with Crippen molar-refractivity contribution < 1.29 is 13.9 Å². The van der Waals surface area contributed by atoms with Gasteiger partial charge in [0.15, 0.2) is 0 Å². The molecule has 3 heterocycles. The second kappa shape index (κ2) is 7.90. The Kier molecular flexibility index (Phi) is 5.16. The third kappa shape index (κ3) is 3.80. The van der Waals surface area contributed by atoms with Crippen molar-refractivity contribution in [1.29, 1.82) is 0 Å². The molecule has 0 saturated carbocycles. The molecule has 1 atom stereocenters. The summed E-state index contributed by atoms with van der Waals surface area (Å²) in [6, 6.07) is 11.0. The lowest BCUT2D eigenvalue weighted by molar-refractivity contribution is 0.0856. The summed E-state index contributed by atoms with van der Waals surface area (Å²) < 4.78 is 20.2. The van der Waals surface area contributed by atoms with Gasteiger partial charge in [0, 0.05) is 24.7 Å². The van der Waals surface area contributed by atoms with Crippen molar-refractivity contribution in [3.05, 3.63) is 76.0 Å². The fourth-order valence-corrected chi connectivity index (χ4v) is 3.40. The smallest absolute Gasteiger partial charge is 0.265 e. The number of nitrogens with zero attached hydrogens (tertiary/aromatic N) is 2. The van der Waals surface area contributed by atoms with Crippen molar-refractivity contribution in [1.82, 2.24) is 14.9 Å². The Labute approximate surface area is 161 Å². The van der Waals surface area contributed by atoms with E-state index in [0.29, 0.717) is 24.2 Å². The number of amides is 1. The molecule has 2 aromatic heterocycles. The van der Waals surface area contributed by atoms with E-state index in [9.17, 15) is 14.0 Å². The topological polar surface area (TPSA) is 73.2 Å². The number of rotatable bonds is 5. The van der Waals surface area contributed by atoms with Crippen LogP contribution in [0.5, 0.6) is 0 Å². The molecule has 1 aromatic carbocycles. The van der Waals surface area contributed by atoms with Crippen LogP contribution >= 0.6 is 0 Å². The van der Waals surface area contributed by atoms with E-state index in [1.54, 1.807) is 36.5 Å². The van der Waals surface area contributed by atoms with Crippen LogP contribution in [0.1, 0.15) is 28.8 Å². The summed E-state index contributed by atoms with van der Waals surface area (Å²) in [7, 11) is 0. The molecular formula is C21H20FN3O3. The molecule has 0 bridgehead atoms. The molecule has 0 radical (unpaired) electrons. The zero-order valence-electron chi connectivity index (χ0n) is 15.2. The number of halogens is 1. The first-order valence-electron chi connectivity index (χ1n) is 9.24. The molecule has 0 aliphatic carbocycles. The second-order valence-electron chi connectivity index (χ2n) is 6.84. The van der Waals surface area contributed by atoms with Crippen LogP contribution in [0.25, 0.3) is 11.0 Å². The predicted molar refractivity (Wildman–Crippen MR) is 103 cm³/mol. The third-order valence-corrected chi connectivity index (χ3v) is 4.86. The van der Waals surface area contributed by atoms with Gasteiger partial charge in [-0.3, -0.25) is 14.2 Å². The van der Waals surface area contributed by atoms with Crippen molar-refractivity contribution in [2.45, 2.75) is 25.5 Å². The first-order chi connectivity index (χ1) is 13.6. The minimum Gasteiger partial charge on any atom is -0.376 e. The molecule has 1 aliphatic rings. The number of hydrogen-bond donors (Lipinski definition) is 1. The minimum absolute atomic E-state index is 0.00693. The van der Waals surface area contributed by atoms with E-state index < -0.39 is 11.5 Å². The molecule has 1 N–H and O–H groups in total. The number of hydrogen-bond acceptors (Lipinski definition) is 4. The molecule has 4 rings (SSSR count). The van der Waals surface area contributed by atoms with E-state index in [1.807, 2.05) is 0 Å². The monoisotopic (exact) mass is 381 g/mol. The van der Waals surface area contributed by atoms with Crippen LogP contribution in [0, 0.1) is 5.82 Å². The number of aromatic nitrogens is 2. The lowest BCUT2D eigenvalue weighted by Crippen LogP contribution is -2.37. The average Bonchev–Trinajstić information content (AvgIpc) is 3.23. The quantitative estimate of drug-likeness (QED) is 0.737. The van der Waals surface area contributed by atoms with Gasteiger partial charge in [0.05, 0.1) is 12.6 Å². The van der Waals surface area contributed by atoms with Gasteiger partial charge in [-0.2, -0.15) is 0 Å². The maximum atomic E-state index is 13.2. The normalized spacial score (nSPS) is 16.4. The molecule has 1 aliphatic heterocycles. The van der Waals surface area contributed by atoms with Gasteiger partial charge >= 0.3 is 0 Å². The zero-order chi connectivity index (χ0) is 19.5. The fraction of sp³-hybridized carbons (Fsp3) is 0.286. The second-order valence-corrected chi connectivity index (χ2v) is 6.84. The highest BCUT2D eigenvalue weighted by atomic mass is 19.1. The Morgan fingerprint density at radius 2 is 2.11 bits per heavy atom.